The molecule has 0 spiro atoms. The number of terminal acetylenes is 1. The standard InChI is InChI=1S/C11H16N2O3/c1-3-6-12-10(14)7(2)13-9(11(15)16)8-4-5-8/h1,7-9,13H,4-6H2,2H3,(H,12,14)(H,15,16). The zero-order valence-corrected chi connectivity index (χ0v) is 9.19. The van der Waals surface area contributed by atoms with Crippen molar-refractivity contribution in [2.75, 3.05) is 6.54 Å². The molecule has 2 unspecified atom stereocenters. The van der Waals surface area contributed by atoms with Crippen LogP contribution in [0.2, 0.25) is 0 Å². The minimum Gasteiger partial charge on any atom is -0.480 e. The number of hydrogen-bond acceptors (Lipinski definition) is 3. The van der Waals surface area contributed by atoms with E-state index in [0.717, 1.165) is 12.8 Å². The molecule has 0 saturated heterocycles. The van der Waals surface area contributed by atoms with Crippen molar-refractivity contribution in [1.82, 2.24) is 10.6 Å². The van der Waals surface area contributed by atoms with Crippen LogP contribution in [-0.2, 0) is 9.59 Å². The van der Waals surface area contributed by atoms with Gasteiger partial charge in [-0.15, -0.1) is 6.42 Å². The van der Waals surface area contributed by atoms with Crippen LogP contribution in [0.25, 0.3) is 0 Å². The van der Waals surface area contributed by atoms with Crippen molar-refractivity contribution in [1.29, 1.82) is 0 Å². The molecule has 5 heteroatoms. The molecule has 2 atom stereocenters. The first-order valence-electron chi connectivity index (χ1n) is 5.26. The Hall–Kier alpha value is -1.54. The lowest BCUT2D eigenvalue weighted by molar-refractivity contribution is -0.140. The van der Waals surface area contributed by atoms with E-state index in [4.69, 9.17) is 11.5 Å². The Morgan fingerprint density at radius 1 is 1.56 bits per heavy atom. The lowest BCUT2D eigenvalue weighted by Crippen LogP contribution is -2.50. The number of carboxylic acid groups (broad SMARTS) is 1. The summed E-state index contributed by atoms with van der Waals surface area (Å²) in [5, 5.41) is 14.3. The smallest absolute Gasteiger partial charge is 0.321 e. The summed E-state index contributed by atoms with van der Waals surface area (Å²) in [6.07, 6.45) is 6.82. The van der Waals surface area contributed by atoms with Crippen LogP contribution in [0.3, 0.4) is 0 Å². The summed E-state index contributed by atoms with van der Waals surface area (Å²) in [5.74, 6) is 1.26. The number of hydrogen-bond donors (Lipinski definition) is 3. The van der Waals surface area contributed by atoms with E-state index in [1.54, 1.807) is 6.92 Å². The summed E-state index contributed by atoms with van der Waals surface area (Å²) < 4.78 is 0. The Morgan fingerprint density at radius 2 is 2.19 bits per heavy atom. The van der Waals surface area contributed by atoms with Gasteiger partial charge in [0.1, 0.15) is 6.04 Å². The van der Waals surface area contributed by atoms with Crippen LogP contribution in [0.5, 0.6) is 0 Å². The monoisotopic (exact) mass is 224 g/mol. The molecular formula is C11H16N2O3. The zero-order chi connectivity index (χ0) is 12.1. The van der Waals surface area contributed by atoms with Crippen molar-refractivity contribution in [2.45, 2.75) is 31.8 Å². The molecule has 1 amide bonds. The third-order valence-corrected chi connectivity index (χ3v) is 2.55. The molecule has 16 heavy (non-hydrogen) atoms. The maximum atomic E-state index is 11.4. The number of carbonyl (C=O) groups excluding carboxylic acids is 1. The molecule has 1 fully saturated rings. The largest absolute Gasteiger partial charge is 0.480 e. The topological polar surface area (TPSA) is 78.4 Å². The van der Waals surface area contributed by atoms with E-state index in [9.17, 15) is 9.59 Å². The van der Waals surface area contributed by atoms with Crippen molar-refractivity contribution >= 4 is 11.9 Å². The highest BCUT2D eigenvalue weighted by atomic mass is 16.4. The highest BCUT2D eigenvalue weighted by molar-refractivity contribution is 5.83. The molecule has 88 valence electrons. The first-order valence-corrected chi connectivity index (χ1v) is 5.26. The van der Waals surface area contributed by atoms with Gasteiger partial charge in [-0.2, -0.15) is 0 Å². The second-order valence-electron chi connectivity index (χ2n) is 3.96. The molecule has 0 aromatic heterocycles. The van der Waals surface area contributed by atoms with Gasteiger partial charge in [-0.3, -0.25) is 14.9 Å². The van der Waals surface area contributed by atoms with Gasteiger partial charge >= 0.3 is 5.97 Å². The minimum absolute atomic E-state index is 0.153. The minimum atomic E-state index is -0.904. The van der Waals surface area contributed by atoms with Crippen molar-refractivity contribution in [3.8, 4) is 12.3 Å². The third kappa shape index (κ3) is 3.55. The molecule has 1 rings (SSSR count). The number of rotatable bonds is 6. The van der Waals surface area contributed by atoms with Crippen molar-refractivity contribution < 1.29 is 14.7 Å². The van der Waals surface area contributed by atoms with Gasteiger partial charge in [0.05, 0.1) is 12.6 Å². The fourth-order valence-electron chi connectivity index (χ4n) is 1.47. The molecule has 1 saturated carbocycles. The van der Waals surface area contributed by atoms with Crippen LogP contribution in [0.1, 0.15) is 19.8 Å². The average molecular weight is 224 g/mol. The zero-order valence-electron chi connectivity index (χ0n) is 9.19. The van der Waals surface area contributed by atoms with E-state index in [0.29, 0.717) is 0 Å². The van der Waals surface area contributed by atoms with Gasteiger partial charge in [0.2, 0.25) is 5.91 Å². The maximum absolute atomic E-state index is 11.4. The number of aliphatic carboxylic acids is 1. The van der Waals surface area contributed by atoms with Crippen molar-refractivity contribution in [3.05, 3.63) is 0 Å². The van der Waals surface area contributed by atoms with Crippen LogP contribution in [0.4, 0.5) is 0 Å². The van der Waals surface area contributed by atoms with Gasteiger partial charge in [0.25, 0.3) is 0 Å². The number of carboxylic acids is 1. The van der Waals surface area contributed by atoms with E-state index in [2.05, 4.69) is 16.6 Å². The number of carbonyl (C=O) groups is 2. The summed E-state index contributed by atoms with van der Waals surface area (Å²) in [4.78, 5) is 22.4. The molecule has 0 aliphatic heterocycles. The van der Waals surface area contributed by atoms with E-state index in [1.165, 1.54) is 0 Å². The van der Waals surface area contributed by atoms with Crippen LogP contribution < -0.4 is 10.6 Å². The summed E-state index contributed by atoms with van der Waals surface area (Å²) in [6, 6.07) is -1.18. The van der Waals surface area contributed by atoms with Gasteiger partial charge in [0, 0.05) is 0 Å². The summed E-state index contributed by atoms with van der Waals surface area (Å²) in [7, 11) is 0. The first kappa shape index (κ1) is 12.5. The lowest BCUT2D eigenvalue weighted by atomic mass is 10.1. The average Bonchev–Trinajstić information content (AvgIpc) is 3.05. The fourth-order valence-corrected chi connectivity index (χ4v) is 1.47. The Labute approximate surface area is 94.6 Å². The van der Waals surface area contributed by atoms with E-state index < -0.39 is 18.1 Å². The molecule has 0 bridgehead atoms. The predicted molar refractivity (Wildman–Crippen MR) is 58.6 cm³/mol. The van der Waals surface area contributed by atoms with Crippen molar-refractivity contribution in [3.63, 3.8) is 0 Å². The molecule has 5 nitrogen and oxygen atoms in total. The van der Waals surface area contributed by atoms with E-state index in [-0.39, 0.29) is 18.4 Å². The van der Waals surface area contributed by atoms with Gasteiger partial charge in [-0.25, -0.2) is 0 Å². The summed E-state index contributed by atoms with van der Waals surface area (Å²) in [5.41, 5.74) is 0. The molecular weight excluding hydrogens is 208 g/mol. The van der Waals surface area contributed by atoms with Crippen LogP contribution in [0, 0.1) is 18.3 Å². The Morgan fingerprint density at radius 3 is 2.62 bits per heavy atom. The lowest BCUT2D eigenvalue weighted by Gasteiger charge is -2.18. The van der Waals surface area contributed by atoms with Crippen LogP contribution >= 0.6 is 0 Å². The second-order valence-corrected chi connectivity index (χ2v) is 3.96. The molecule has 0 radical (unpaired) electrons. The Balaban J connectivity index is 2.42. The molecule has 3 N–H and O–H groups in total. The molecule has 0 aromatic rings. The van der Waals surface area contributed by atoms with E-state index >= 15 is 0 Å². The Bertz CT molecular complexity index is 318. The SMILES string of the molecule is C#CCNC(=O)C(C)NC(C(=O)O)C1CC1. The molecule has 1 aliphatic carbocycles. The normalized spacial score (nSPS) is 18.2. The summed E-state index contributed by atoms with van der Waals surface area (Å²) in [6.45, 7) is 1.79. The van der Waals surface area contributed by atoms with Crippen LogP contribution in [0.15, 0.2) is 0 Å². The third-order valence-electron chi connectivity index (χ3n) is 2.55. The van der Waals surface area contributed by atoms with E-state index in [1.807, 2.05) is 0 Å². The Kier molecular flexibility index (Phi) is 4.32. The molecule has 0 aromatic carbocycles. The maximum Gasteiger partial charge on any atom is 0.321 e. The molecule has 1 aliphatic rings. The quantitative estimate of drug-likeness (QED) is 0.535. The highest BCUT2D eigenvalue weighted by Gasteiger charge is 2.37. The number of amides is 1. The van der Waals surface area contributed by atoms with Gasteiger partial charge in [0.15, 0.2) is 0 Å². The van der Waals surface area contributed by atoms with Gasteiger partial charge in [-0.1, -0.05) is 5.92 Å². The second kappa shape index (κ2) is 5.52. The first-order chi connectivity index (χ1) is 7.56. The van der Waals surface area contributed by atoms with Crippen molar-refractivity contribution in [2.24, 2.45) is 5.92 Å². The van der Waals surface area contributed by atoms with Crippen LogP contribution in [-0.4, -0.2) is 35.6 Å². The molecule has 0 heterocycles. The number of nitrogens with one attached hydrogen (secondary N) is 2. The van der Waals surface area contributed by atoms with Gasteiger partial charge < -0.3 is 10.4 Å². The fraction of sp³-hybridized carbons (Fsp3) is 0.636. The predicted octanol–water partition coefficient (Wildman–Crippen LogP) is -0.423. The highest BCUT2D eigenvalue weighted by Crippen LogP contribution is 2.32. The summed E-state index contributed by atoms with van der Waals surface area (Å²) >= 11 is 0. The van der Waals surface area contributed by atoms with Gasteiger partial charge in [-0.05, 0) is 25.7 Å².